The number of hydrogen-bond donors (Lipinski definition) is 1. The predicted molar refractivity (Wildman–Crippen MR) is 120 cm³/mol. The zero-order valence-corrected chi connectivity index (χ0v) is 18.4. The number of anilines is 2. The van der Waals surface area contributed by atoms with Gasteiger partial charge in [-0.2, -0.15) is 13.2 Å². The van der Waals surface area contributed by atoms with Gasteiger partial charge in [-0.3, -0.25) is 14.9 Å². The van der Waals surface area contributed by atoms with E-state index in [9.17, 15) is 33.2 Å². The lowest BCUT2D eigenvalue weighted by atomic mass is 9.94. The van der Waals surface area contributed by atoms with Crippen LogP contribution in [0.5, 0.6) is 5.75 Å². The van der Waals surface area contributed by atoms with Crippen molar-refractivity contribution in [3.05, 3.63) is 58.1 Å². The lowest BCUT2D eigenvalue weighted by Gasteiger charge is -2.39. The number of phenols is 1. The van der Waals surface area contributed by atoms with Crippen molar-refractivity contribution >= 4 is 23.0 Å². The highest BCUT2D eigenvalue weighted by Gasteiger charge is 2.35. The molecule has 0 aromatic heterocycles. The third kappa shape index (κ3) is 5.02. The van der Waals surface area contributed by atoms with Gasteiger partial charge in [0, 0.05) is 63.0 Å². The Labute approximate surface area is 194 Å². The second-order valence-electron chi connectivity index (χ2n) is 8.55. The molecular weight excluding hydrogens is 453 g/mol. The Morgan fingerprint density at radius 2 is 1.65 bits per heavy atom. The van der Waals surface area contributed by atoms with Crippen LogP contribution in [-0.2, 0) is 11.0 Å². The van der Waals surface area contributed by atoms with Crippen molar-refractivity contribution < 1.29 is 28.0 Å². The molecule has 2 saturated heterocycles. The van der Waals surface area contributed by atoms with E-state index in [0.717, 1.165) is 17.8 Å². The van der Waals surface area contributed by atoms with Crippen LogP contribution < -0.4 is 9.80 Å². The number of carbonyl (C=O) groups excluding carboxylic acids is 1. The van der Waals surface area contributed by atoms with Crippen LogP contribution in [0.15, 0.2) is 42.5 Å². The molecule has 0 radical (unpaired) electrons. The van der Waals surface area contributed by atoms with E-state index in [1.807, 2.05) is 11.0 Å². The van der Waals surface area contributed by atoms with Crippen molar-refractivity contribution in [2.75, 3.05) is 49.1 Å². The number of piperidine rings is 1. The number of nitrogens with zero attached hydrogens (tertiary/aromatic N) is 4. The summed E-state index contributed by atoms with van der Waals surface area (Å²) in [5.41, 5.74) is -0.595. The Hall–Kier alpha value is -3.50. The van der Waals surface area contributed by atoms with Gasteiger partial charge in [-0.1, -0.05) is 6.07 Å². The molecule has 2 aromatic carbocycles. The first kappa shape index (κ1) is 23.7. The van der Waals surface area contributed by atoms with Crippen molar-refractivity contribution in [3.63, 3.8) is 0 Å². The molecule has 1 amide bonds. The minimum absolute atomic E-state index is 0.0390. The van der Waals surface area contributed by atoms with E-state index in [1.54, 1.807) is 23.1 Å². The number of nitro groups is 1. The van der Waals surface area contributed by atoms with Gasteiger partial charge in [0.2, 0.25) is 5.91 Å². The monoisotopic (exact) mass is 478 g/mol. The molecule has 2 aliphatic rings. The molecule has 0 saturated carbocycles. The highest BCUT2D eigenvalue weighted by Crippen LogP contribution is 2.38. The maximum absolute atomic E-state index is 13.0. The van der Waals surface area contributed by atoms with Gasteiger partial charge in [0.1, 0.15) is 11.4 Å². The topological polar surface area (TPSA) is 90.2 Å². The summed E-state index contributed by atoms with van der Waals surface area (Å²) in [5, 5.41) is 21.1. The number of aromatic hydroxyl groups is 1. The summed E-state index contributed by atoms with van der Waals surface area (Å²) < 4.78 is 38.9. The first-order chi connectivity index (χ1) is 16.1. The highest BCUT2D eigenvalue weighted by atomic mass is 19.4. The molecule has 0 unspecified atom stereocenters. The summed E-state index contributed by atoms with van der Waals surface area (Å²) in [5.74, 6) is 0.00486. The van der Waals surface area contributed by atoms with Crippen LogP contribution in [0.25, 0.3) is 0 Å². The van der Waals surface area contributed by atoms with E-state index in [-0.39, 0.29) is 23.3 Å². The van der Waals surface area contributed by atoms with Gasteiger partial charge < -0.3 is 19.8 Å². The van der Waals surface area contributed by atoms with Gasteiger partial charge in [0.15, 0.2) is 0 Å². The number of halogens is 3. The van der Waals surface area contributed by atoms with E-state index in [1.165, 1.54) is 0 Å². The van der Waals surface area contributed by atoms with E-state index < -0.39 is 22.4 Å². The standard InChI is InChI=1S/C23H25F3N4O4/c24-23(25,26)17-4-5-20(21(14-17)30(33)34)28-8-6-16(7-9-28)22(32)29-12-10-27(11-13-29)18-2-1-3-19(31)15-18/h1-5,14-16,31H,6-13H2. The zero-order valence-electron chi connectivity index (χ0n) is 18.4. The molecule has 2 fully saturated rings. The lowest BCUT2D eigenvalue weighted by Crippen LogP contribution is -2.51. The molecule has 2 aliphatic heterocycles. The smallest absolute Gasteiger partial charge is 0.416 e. The fraction of sp³-hybridized carbons (Fsp3) is 0.435. The van der Waals surface area contributed by atoms with Crippen LogP contribution in [0, 0.1) is 16.0 Å². The van der Waals surface area contributed by atoms with Gasteiger partial charge in [0.05, 0.1) is 10.5 Å². The number of rotatable bonds is 4. The number of alkyl halides is 3. The van der Waals surface area contributed by atoms with Gasteiger partial charge in [-0.15, -0.1) is 0 Å². The number of hydrogen-bond acceptors (Lipinski definition) is 6. The molecule has 8 nitrogen and oxygen atoms in total. The van der Waals surface area contributed by atoms with Crippen molar-refractivity contribution in [3.8, 4) is 5.75 Å². The number of amides is 1. The fourth-order valence-electron chi connectivity index (χ4n) is 4.61. The molecule has 1 N–H and O–H groups in total. The normalized spacial score (nSPS) is 17.7. The van der Waals surface area contributed by atoms with E-state index >= 15 is 0 Å². The van der Waals surface area contributed by atoms with Gasteiger partial charge in [0.25, 0.3) is 5.69 Å². The number of benzene rings is 2. The quantitative estimate of drug-likeness (QED) is 0.530. The lowest BCUT2D eigenvalue weighted by molar-refractivity contribution is -0.384. The summed E-state index contributed by atoms with van der Waals surface area (Å²) in [6, 6.07) is 9.54. The minimum Gasteiger partial charge on any atom is -0.508 e. The Balaban J connectivity index is 1.35. The Morgan fingerprint density at radius 3 is 2.24 bits per heavy atom. The average Bonchev–Trinajstić information content (AvgIpc) is 2.83. The molecule has 11 heteroatoms. The van der Waals surface area contributed by atoms with E-state index in [0.29, 0.717) is 58.2 Å². The van der Waals surface area contributed by atoms with Crippen molar-refractivity contribution in [1.29, 1.82) is 0 Å². The number of piperazine rings is 1. The molecule has 0 bridgehead atoms. The molecular formula is C23H25F3N4O4. The van der Waals surface area contributed by atoms with Gasteiger partial charge >= 0.3 is 6.18 Å². The van der Waals surface area contributed by atoms with E-state index in [4.69, 9.17) is 0 Å². The van der Waals surface area contributed by atoms with Crippen molar-refractivity contribution in [2.24, 2.45) is 5.92 Å². The zero-order chi connectivity index (χ0) is 24.5. The first-order valence-corrected chi connectivity index (χ1v) is 11.1. The van der Waals surface area contributed by atoms with E-state index in [2.05, 4.69) is 4.90 Å². The van der Waals surface area contributed by atoms with Crippen molar-refractivity contribution in [2.45, 2.75) is 19.0 Å². The van der Waals surface area contributed by atoms with Gasteiger partial charge in [-0.25, -0.2) is 0 Å². The third-order valence-electron chi connectivity index (χ3n) is 6.47. The number of nitro benzene ring substituents is 1. The molecule has 34 heavy (non-hydrogen) atoms. The largest absolute Gasteiger partial charge is 0.508 e. The Kier molecular flexibility index (Phi) is 6.54. The molecule has 2 aromatic rings. The summed E-state index contributed by atoms with van der Waals surface area (Å²) in [6.07, 6.45) is -3.71. The van der Waals surface area contributed by atoms with Crippen LogP contribution in [0.4, 0.5) is 30.2 Å². The van der Waals surface area contributed by atoms with Crippen LogP contribution in [0.1, 0.15) is 18.4 Å². The van der Waals surface area contributed by atoms with Crippen LogP contribution in [-0.4, -0.2) is 60.1 Å². The van der Waals surface area contributed by atoms with Crippen LogP contribution in [0.3, 0.4) is 0 Å². The van der Waals surface area contributed by atoms with Crippen molar-refractivity contribution in [1.82, 2.24) is 4.90 Å². The maximum Gasteiger partial charge on any atom is 0.416 e. The Morgan fingerprint density at radius 1 is 0.971 bits per heavy atom. The molecule has 2 heterocycles. The maximum atomic E-state index is 13.0. The summed E-state index contributed by atoms with van der Waals surface area (Å²) >= 11 is 0. The number of phenolic OH excluding ortho intramolecular Hbond substituents is 1. The minimum atomic E-state index is -4.66. The van der Waals surface area contributed by atoms with Crippen LogP contribution in [0.2, 0.25) is 0 Å². The molecule has 0 spiro atoms. The molecule has 0 aliphatic carbocycles. The highest BCUT2D eigenvalue weighted by molar-refractivity contribution is 5.79. The second kappa shape index (κ2) is 9.40. The molecule has 182 valence electrons. The first-order valence-electron chi connectivity index (χ1n) is 11.1. The second-order valence-corrected chi connectivity index (χ2v) is 8.55. The van der Waals surface area contributed by atoms with Crippen LogP contribution >= 0.6 is 0 Å². The summed E-state index contributed by atoms with van der Waals surface area (Å²) in [4.78, 5) is 29.3. The SMILES string of the molecule is O=C(C1CCN(c2ccc(C(F)(F)F)cc2[N+](=O)[O-])CC1)N1CCN(c2cccc(O)c2)CC1. The summed E-state index contributed by atoms with van der Waals surface area (Å²) in [7, 11) is 0. The predicted octanol–water partition coefficient (Wildman–Crippen LogP) is 3.88. The van der Waals surface area contributed by atoms with Gasteiger partial charge in [-0.05, 0) is 37.1 Å². The number of carbonyl (C=O) groups is 1. The molecule has 0 atom stereocenters. The average molecular weight is 478 g/mol. The fourth-order valence-corrected chi connectivity index (χ4v) is 4.61. The molecule has 4 rings (SSSR count). The Bertz CT molecular complexity index is 1060. The summed E-state index contributed by atoms with van der Waals surface area (Å²) in [6.45, 7) is 3.10. The third-order valence-corrected chi connectivity index (χ3v) is 6.47.